The number of aliphatic imine (C=N–C) groups is 1. The summed E-state index contributed by atoms with van der Waals surface area (Å²) < 4.78 is 48.1. The summed E-state index contributed by atoms with van der Waals surface area (Å²) in [5.74, 6) is -1.39. The first kappa shape index (κ1) is 28.1. The van der Waals surface area contributed by atoms with Crippen molar-refractivity contribution in [2.75, 3.05) is 7.11 Å². The molecule has 13 heteroatoms. The van der Waals surface area contributed by atoms with Gasteiger partial charge in [-0.1, -0.05) is 35.7 Å². The van der Waals surface area contributed by atoms with E-state index in [0.717, 1.165) is 15.7 Å². The third-order valence-electron chi connectivity index (χ3n) is 7.55. The third-order valence-corrected chi connectivity index (χ3v) is 9.42. The Morgan fingerprint density at radius 2 is 2.05 bits per heavy atom. The number of methoxy groups -OCH3 is 1. The Morgan fingerprint density at radius 3 is 2.75 bits per heavy atom. The summed E-state index contributed by atoms with van der Waals surface area (Å²) >= 11 is 6.22. The smallest absolute Gasteiger partial charge is 0.314 e. The Labute approximate surface area is 236 Å². The molecule has 212 valence electrons. The van der Waals surface area contributed by atoms with E-state index >= 15 is 0 Å². The maximum absolute atomic E-state index is 15.0. The van der Waals surface area contributed by atoms with Gasteiger partial charge >= 0.3 is 5.97 Å². The van der Waals surface area contributed by atoms with Crippen LogP contribution < -0.4 is 10.6 Å². The molecule has 0 spiro atoms. The summed E-state index contributed by atoms with van der Waals surface area (Å²) in [6, 6.07) is 7.34. The summed E-state index contributed by atoms with van der Waals surface area (Å²) in [7, 11) is -2.78. The Bertz CT molecular complexity index is 1640. The van der Waals surface area contributed by atoms with E-state index in [4.69, 9.17) is 16.3 Å². The molecule has 2 aliphatic rings. The topological polar surface area (TPSA) is 135 Å². The van der Waals surface area contributed by atoms with Gasteiger partial charge in [-0.15, -0.1) is 0 Å². The number of nitrogens with zero attached hydrogens (tertiary/aromatic N) is 3. The first-order valence-electron chi connectivity index (χ1n) is 12.7. The van der Waals surface area contributed by atoms with Gasteiger partial charge in [0.1, 0.15) is 6.17 Å². The molecule has 10 nitrogen and oxygen atoms in total. The zero-order valence-corrected chi connectivity index (χ0v) is 23.6. The van der Waals surface area contributed by atoms with E-state index < -0.39 is 45.5 Å². The van der Waals surface area contributed by atoms with Gasteiger partial charge in [-0.3, -0.25) is 4.79 Å². The van der Waals surface area contributed by atoms with Crippen LogP contribution >= 0.6 is 11.6 Å². The van der Waals surface area contributed by atoms with Crippen LogP contribution in [0.15, 0.2) is 64.6 Å². The van der Waals surface area contributed by atoms with Crippen LogP contribution in [0.3, 0.4) is 0 Å². The number of hydrogen-bond acceptors (Lipinski definition) is 9. The average molecular weight is 590 g/mol. The number of carbonyl (C=O) groups is 1. The van der Waals surface area contributed by atoms with Crippen LogP contribution in [0.2, 0.25) is 5.02 Å². The van der Waals surface area contributed by atoms with E-state index in [1.807, 2.05) is 6.92 Å². The van der Waals surface area contributed by atoms with Crippen molar-refractivity contribution in [3.63, 3.8) is 0 Å². The number of benzene rings is 1. The van der Waals surface area contributed by atoms with E-state index in [9.17, 15) is 22.7 Å². The lowest BCUT2D eigenvalue weighted by Crippen LogP contribution is -2.56. The molecule has 1 unspecified atom stereocenters. The van der Waals surface area contributed by atoms with Crippen LogP contribution in [0, 0.1) is 12.3 Å². The van der Waals surface area contributed by atoms with Crippen LogP contribution in [0.1, 0.15) is 43.5 Å². The van der Waals surface area contributed by atoms with Gasteiger partial charge in [0.25, 0.3) is 10.0 Å². The number of aliphatic hydroxyl groups excluding tert-OH is 1. The van der Waals surface area contributed by atoms with Crippen molar-refractivity contribution < 1.29 is 27.4 Å². The highest BCUT2D eigenvalue weighted by molar-refractivity contribution is 7.90. The molecular formula is C27H29ClFN5O5S. The van der Waals surface area contributed by atoms with Gasteiger partial charge in [-0.25, -0.2) is 26.8 Å². The number of aryl methyl sites for hydroxylation is 1. The summed E-state index contributed by atoms with van der Waals surface area (Å²) in [4.78, 5) is 21.2. The Morgan fingerprint density at radius 1 is 1.32 bits per heavy atom. The van der Waals surface area contributed by atoms with Crippen molar-refractivity contribution >= 4 is 44.5 Å². The van der Waals surface area contributed by atoms with Gasteiger partial charge in [0.15, 0.2) is 17.3 Å². The van der Waals surface area contributed by atoms with Crippen molar-refractivity contribution in [1.29, 1.82) is 0 Å². The lowest BCUT2D eigenvalue weighted by atomic mass is 9.71. The summed E-state index contributed by atoms with van der Waals surface area (Å²) in [6.45, 7) is 3.48. The fourth-order valence-electron chi connectivity index (χ4n) is 5.24. The molecule has 2 aromatic heterocycles. The van der Waals surface area contributed by atoms with Crippen LogP contribution in [0.5, 0.6) is 0 Å². The fraction of sp³-hybridized carbons (Fsp3) is 0.370. The van der Waals surface area contributed by atoms with Crippen molar-refractivity contribution in [3.05, 3.63) is 70.9 Å². The molecule has 4 atom stereocenters. The number of fused-ring (bicyclic) bond motifs is 1. The van der Waals surface area contributed by atoms with Crippen LogP contribution in [-0.2, 0) is 19.6 Å². The zero-order chi connectivity index (χ0) is 28.8. The van der Waals surface area contributed by atoms with Crippen LogP contribution in [0.25, 0.3) is 11.0 Å². The molecule has 1 aliphatic heterocycles. The standard InChI is InChI=1S/C27H29ClFN5O5S/c1-15-6-8-17(9-7-15)40(37,38)34-14-19(18-11-16(28)12-31-25(18)34)23-30-13-20(29)24(33-23)32-21-5-4-10-27(2,22(21)35)26(36)39-3/h6-9,11-14,21-23,30,35H,4-5,10H2,1-3H3,(H,32,33)/t21-,22+,23?,27-/m0/s1. The largest absolute Gasteiger partial charge is 0.469 e. The number of amidine groups is 1. The number of carbonyl (C=O) groups excluding carboxylic acids is 1. The number of ether oxygens (including phenoxy) is 1. The first-order chi connectivity index (χ1) is 19.0. The minimum atomic E-state index is -4.04. The third kappa shape index (κ3) is 4.84. The van der Waals surface area contributed by atoms with Gasteiger partial charge < -0.3 is 20.5 Å². The number of nitrogens with one attached hydrogen (secondary N) is 2. The number of esters is 1. The Balaban J connectivity index is 1.53. The molecule has 0 radical (unpaired) electrons. The SMILES string of the molecule is COC(=O)[C@@]1(C)CCC[C@H](NC2=NC(c3cn(S(=O)(=O)c4ccc(C)cc4)c4ncc(Cl)cc34)NC=C2F)[C@H]1O. The van der Waals surface area contributed by atoms with Crippen molar-refractivity contribution in [3.8, 4) is 0 Å². The molecule has 3 aromatic rings. The maximum atomic E-state index is 15.0. The number of halogens is 2. The molecular weight excluding hydrogens is 561 g/mol. The van der Waals surface area contributed by atoms with E-state index in [-0.39, 0.29) is 21.4 Å². The highest BCUT2D eigenvalue weighted by Crippen LogP contribution is 2.38. The fourth-order valence-corrected chi connectivity index (χ4v) is 6.73. The van der Waals surface area contributed by atoms with Gasteiger partial charge in [-0.05, 0) is 44.9 Å². The average Bonchev–Trinajstić information content (AvgIpc) is 3.31. The zero-order valence-electron chi connectivity index (χ0n) is 22.1. The lowest BCUT2D eigenvalue weighted by Gasteiger charge is -2.41. The second kappa shape index (κ2) is 10.5. The first-order valence-corrected chi connectivity index (χ1v) is 14.5. The molecule has 40 heavy (non-hydrogen) atoms. The van der Waals surface area contributed by atoms with E-state index in [0.29, 0.717) is 30.2 Å². The summed E-state index contributed by atoms with van der Waals surface area (Å²) in [6.07, 6.45) is 3.31. The van der Waals surface area contributed by atoms with Gasteiger partial charge in [0.2, 0.25) is 0 Å². The Hall–Kier alpha value is -3.48. The van der Waals surface area contributed by atoms with Crippen molar-refractivity contribution in [1.82, 2.24) is 19.6 Å². The molecule has 0 amide bonds. The molecule has 0 saturated heterocycles. The Kier molecular flexibility index (Phi) is 7.36. The lowest BCUT2D eigenvalue weighted by molar-refractivity contribution is -0.163. The molecule has 1 saturated carbocycles. The van der Waals surface area contributed by atoms with Crippen LogP contribution in [0.4, 0.5) is 4.39 Å². The number of rotatable bonds is 5. The number of hydrogen-bond donors (Lipinski definition) is 3. The van der Waals surface area contributed by atoms with E-state index in [1.54, 1.807) is 25.1 Å². The van der Waals surface area contributed by atoms with Crippen LogP contribution in [-0.4, -0.2) is 53.5 Å². The summed E-state index contributed by atoms with van der Waals surface area (Å²) in [5, 5.41) is 17.5. The quantitative estimate of drug-likeness (QED) is 0.383. The highest BCUT2D eigenvalue weighted by atomic mass is 35.5. The normalized spacial score (nSPS) is 25.1. The van der Waals surface area contributed by atoms with Gasteiger partial charge in [-0.2, -0.15) is 0 Å². The number of pyridine rings is 1. The van der Waals surface area contributed by atoms with Crippen molar-refractivity contribution in [2.45, 2.75) is 56.3 Å². The second-order valence-corrected chi connectivity index (χ2v) is 12.5. The van der Waals surface area contributed by atoms with E-state index in [1.165, 1.54) is 31.6 Å². The van der Waals surface area contributed by atoms with Crippen molar-refractivity contribution in [2.24, 2.45) is 10.4 Å². The maximum Gasteiger partial charge on any atom is 0.314 e. The monoisotopic (exact) mass is 589 g/mol. The molecule has 1 aliphatic carbocycles. The van der Waals surface area contributed by atoms with Gasteiger partial charge in [0.05, 0.1) is 34.6 Å². The summed E-state index contributed by atoms with van der Waals surface area (Å²) in [5.41, 5.74) is 0.287. The predicted molar refractivity (Wildman–Crippen MR) is 148 cm³/mol. The predicted octanol–water partition coefficient (Wildman–Crippen LogP) is 3.73. The minimum Gasteiger partial charge on any atom is -0.469 e. The molecule has 1 aromatic carbocycles. The van der Waals surface area contributed by atoms with E-state index in [2.05, 4.69) is 20.6 Å². The molecule has 3 heterocycles. The molecule has 0 bridgehead atoms. The molecule has 5 rings (SSSR count). The minimum absolute atomic E-state index is 0.0756. The second-order valence-electron chi connectivity index (χ2n) is 10.3. The van der Waals surface area contributed by atoms with Gasteiger partial charge in [0, 0.05) is 29.5 Å². The number of aliphatic hydroxyl groups is 1. The molecule has 1 fully saturated rings. The molecule has 3 N–H and O–H groups in total. The number of aromatic nitrogens is 2. The highest BCUT2D eigenvalue weighted by Gasteiger charge is 2.48.